The highest BCUT2D eigenvalue weighted by Crippen LogP contribution is 2.51. The van der Waals surface area contributed by atoms with Crippen LogP contribution in [0, 0.1) is 34.3 Å². The third-order valence-electron chi connectivity index (χ3n) is 10.8. The van der Waals surface area contributed by atoms with Gasteiger partial charge in [0.05, 0.1) is 50.8 Å². The normalized spacial score (nSPS) is 23.4. The molecule has 0 spiro atoms. The number of aromatic nitrogens is 2. The molecular formula is C36H35ClF3N9O3S. The number of hydrogen-bond donors (Lipinski definition) is 2. The number of anilines is 2. The molecule has 2 aromatic heterocycles. The zero-order chi connectivity index (χ0) is 37.2. The maximum Gasteiger partial charge on any atom is 0.319 e. The van der Waals surface area contributed by atoms with Crippen LogP contribution in [0.25, 0.3) is 32.1 Å². The summed E-state index contributed by atoms with van der Waals surface area (Å²) in [5.41, 5.74) is 5.28. The standard InChI is InChI=1S/C36H35ClF3N9O3S/c1-47(34(50)23-14-44-23)9-3-11-49-19(6-8-41)16-51-30-26-29(45-35(46-33(26)49)52-17-36-7-2-10-48(36)15-18(38)12-36)28(40)25(27(30)37)20-4-5-22(39)31-24(20)21(13-42)32(43)53-31/h4-5,18-19,23,44H,2-3,6-7,9-12,14-17,43H2,1H3/t18-,19?,23-,36+/m1/s1. The summed E-state index contributed by atoms with van der Waals surface area (Å²) in [6.45, 7) is 2.43. The lowest BCUT2D eigenvalue weighted by Crippen LogP contribution is -2.43. The zero-order valence-electron chi connectivity index (χ0n) is 28.7. The summed E-state index contributed by atoms with van der Waals surface area (Å²) in [4.78, 5) is 27.6. The number of thiophene rings is 1. The molecule has 2 aromatic carbocycles. The predicted octanol–water partition coefficient (Wildman–Crippen LogP) is 5.15. The van der Waals surface area contributed by atoms with Crippen molar-refractivity contribution >= 4 is 60.7 Å². The molecule has 276 valence electrons. The molecule has 1 unspecified atom stereocenters. The van der Waals surface area contributed by atoms with Gasteiger partial charge in [-0.3, -0.25) is 9.69 Å². The molecule has 53 heavy (non-hydrogen) atoms. The summed E-state index contributed by atoms with van der Waals surface area (Å²) in [6.07, 6.45) is 1.40. The number of nitrogens with zero attached hydrogens (tertiary/aromatic N) is 7. The monoisotopic (exact) mass is 765 g/mol. The molecule has 6 heterocycles. The Morgan fingerprint density at radius 1 is 1.30 bits per heavy atom. The second kappa shape index (κ2) is 13.7. The Morgan fingerprint density at radius 3 is 2.87 bits per heavy atom. The Balaban J connectivity index is 1.29. The number of amides is 1. The highest BCUT2D eigenvalue weighted by molar-refractivity contribution is 7.23. The molecule has 1 amide bonds. The highest BCUT2D eigenvalue weighted by Gasteiger charge is 2.49. The van der Waals surface area contributed by atoms with Gasteiger partial charge in [-0.2, -0.15) is 20.5 Å². The SMILES string of the molecule is CN(CCCN1c2nc(OC[C@@]34CCCN3C[C@H](F)C4)nc3c(F)c(-c4ccc(F)c5sc(N)c(C#N)c45)c(Cl)c(c23)OCC1CC#N)C(=O)[C@H]1CN1. The van der Waals surface area contributed by atoms with Crippen LogP contribution in [0.1, 0.15) is 37.7 Å². The van der Waals surface area contributed by atoms with Gasteiger partial charge >= 0.3 is 6.01 Å². The second-order valence-corrected chi connectivity index (χ2v) is 15.5. The first kappa shape index (κ1) is 35.4. The number of likely N-dealkylation sites (N-methyl/N-ethyl adjacent to an activating group) is 1. The van der Waals surface area contributed by atoms with Gasteiger partial charge in [-0.05, 0) is 37.4 Å². The van der Waals surface area contributed by atoms with Crippen molar-refractivity contribution in [3.05, 3.63) is 34.4 Å². The van der Waals surface area contributed by atoms with Gasteiger partial charge in [-0.15, -0.1) is 11.3 Å². The lowest BCUT2D eigenvalue weighted by atomic mass is 9.95. The minimum absolute atomic E-state index is 0.0116. The number of carbonyl (C=O) groups is 1. The molecule has 0 bridgehead atoms. The smallest absolute Gasteiger partial charge is 0.319 e. The van der Waals surface area contributed by atoms with E-state index in [1.807, 2.05) is 11.0 Å². The molecule has 4 aliphatic rings. The number of nitrogen functional groups attached to an aromatic ring is 1. The summed E-state index contributed by atoms with van der Waals surface area (Å²) in [6, 6.07) is 5.80. The van der Waals surface area contributed by atoms with E-state index in [2.05, 4.69) is 21.3 Å². The van der Waals surface area contributed by atoms with Crippen LogP contribution in [0.2, 0.25) is 5.02 Å². The minimum atomic E-state index is -0.997. The van der Waals surface area contributed by atoms with Crippen molar-refractivity contribution in [3.8, 4) is 35.0 Å². The zero-order valence-corrected chi connectivity index (χ0v) is 30.3. The van der Waals surface area contributed by atoms with E-state index < -0.39 is 29.4 Å². The first-order valence-electron chi connectivity index (χ1n) is 17.5. The second-order valence-electron chi connectivity index (χ2n) is 14.1. The fraction of sp³-hybridized carbons (Fsp3) is 0.472. The number of hydrogen-bond acceptors (Lipinski definition) is 12. The van der Waals surface area contributed by atoms with E-state index in [4.69, 9.17) is 31.8 Å². The number of rotatable bonds is 10. The van der Waals surface area contributed by atoms with Crippen molar-refractivity contribution in [2.45, 2.75) is 55.9 Å². The van der Waals surface area contributed by atoms with Crippen molar-refractivity contribution in [2.24, 2.45) is 0 Å². The molecular weight excluding hydrogens is 731 g/mol. The average molecular weight is 766 g/mol. The largest absolute Gasteiger partial charge is 0.489 e. The van der Waals surface area contributed by atoms with Crippen LogP contribution in [0.15, 0.2) is 12.1 Å². The number of nitriles is 2. The van der Waals surface area contributed by atoms with E-state index >= 15 is 8.78 Å². The van der Waals surface area contributed by atoms with Gasteiger partial charge in [-0.25, -0.2) is 13.2 Å². The van der Waals surface area contributed by atoms with Gasteiger partial charge in [0.1, 0.15) is 47.6 Å². The molecule has 3 N–H and O–H groups in total. The van der Waals surface area contributed by atoms with Gasteiger partial charge in [0.15, 0.2) is 11.6 Å². The summed E-state index contributed by atoms with van der Waals surface area (Å²) in [5.74, 6) is -1.27. The number of alkyl halides is 1. The van der Waals surface area contributed by atoms with E-state index in [1.165, 1.54) is 6.07 Å². The lowest BCUT2D eigenvalue weighted by molar-refractivity contribution is -0.129. The third-order valence-corrected chi connectivity index (χ3v) is 12.2. The van der Waals surface area contributed by atoms with Crippen LogP contribution in [-0.4, -0.2) is 102 Å². The van der Waals surface area contributed by atoms with Crippen LogP contribution < -0.4 is 25.4 Å². The van der Waals surface area contributed by atoms with Crippen molar-refractivity contribution in [2.75, 3.05) is 63.6 Å². The molecule has 12 nitrogen and oxygen atoms in total. The van der Waals surface area contributed by atoms with Gasteiger partial charge in [-0.1, -0.05) is 17.7 Å². The molecule has 8 rings (SSSR count). The lowest BCUT2D eigenvalue weighted by Gasteiger charge is -2.32. The first-order chi connectivity index (χ1) is 25.5. The summed E-state index contributed by atoms with van der Waals surface area (Å²) in [7, 11) is 1.73. The number of halogens is 4. The number of nitrogens with two attached hydrogens (primary N) is 1. The van der Waals surface area contributed by atoms with Gasteiger partial charge in [0.2, 0.25) is 5.91 Å². The molecule has 4 aliphatic heterocycles. The van der Waals surface area contributed by atoms with Gasteiger partial charge in [0.25, 0.3) is 0 Å². The van der Waals surface area contributed by atoms with Crippen molar-refractivity contribution < 1.29 is 27.4 Å². The topological polar surface area (TPSA) is 167 Å². The first-order valence-corrected chi connectivity index (χ1v) is 18.6. The number of carbonyl (C=O) groups excluding carboxylic acids is 1. The molecule has 17 heteroatoms. The number of benzene rings is 2. The van der Waals surface area contributed by atoms with Gasteiger partial charge in [0, 0.05) is 50.6 Å². The quantitative estimate of drug-likeness (QED) is 0.205. The summed E-state index contributed by atoms with van der Waals surface area (Å²) >= 11 is 7.94. The molecule has 4 atom stereocenters. The summed E-state index contributed by atoms with van der Waals surface area (Å²) in [5, 5.41) is 23.0. The molecule has 0 radical (unpaired) electrons. The van der Waals surface area contributed by atoms with Crippen LogP contribution >= 0.6 is 22.9 Å². The minimum Gasteiger partial charge on any atom is -0.489 e. The average Bonchev–Trinajstić information content (AvgIpc) is 3.77. The van der Waals surface area contributed by atoms with E-state index in [-0.39, 0.29) is 96.9 Å². The molecule has 4 aromatic rings. The van der Waals surface area contributed by atoms with Crippen LogP contribution in [0.3, 0.4) is 0 Å². The van der Waals surface area contributed by atoms with E-state index in [0.29, 0.717) is 39.0 Å². The molecule has 0 aliphatic carbocycles. The Bertz CT molecular complexity index is 2240. The van der Waals surface area contributed by atoms with Gasteiger partial charge < -0.3 is 30.3 Å². The van der Waals surface area contributed by atoms with Crippen molar-refractivity contribution in [3.63, 3.8) is 0 Å². The van der Waals surface area contributed by atoms with E-state index in [9.17, 15) is 19.7 Å². The highest BCUT2D eigenvalue weighted by atomic mass is 35.5. The Morgan fingerprint density at radius 2 is 2.11 bits per heavy atom. The van der Waals surface area contributed by atoms with Crippen molar-refractivity contribution in [1.29, 1.82) is 10.5 Å². The number of ether oxygens (including phenoxy) is 2. The maximum atomic E-state index is 17.4. The Labute approximate surface area is 311 Å². The van der Waals surface area contributed by atoms with Crippen LogP contribution in [0.5, 0.6) is 11.8 Å². The summed E-state index contributed by atoms with van der Waals surface area (Å²) < 4.78 is 59.8. The van der Waals surface area contributed by atoms with E-state index in [0.717, 1.165) is 36.8 Å². The fourth-order valence-corrected chi connectivity index (χ4v) is 9.41. The van der Waals surface area contributed by atoms with Crippen molar-refractivity contribution in [1.82, 2.24) is 25.1 Å². The third kappa shape index (κ3) is 6.02. The number of nitrogens with one attached hydrogen (secondary N) is 1. The maximum absolute atomic E-state index is 17.4. The van der Waals surface area contributed by atoms with Crippen LogP contribution in [-0.2, 0) is 4.79 Å². The van der Waals surface area contributed by atoms with Crippen LogP contribution in [0.4, 0.5) is 24.0 Å². The predicted molar refractivity (Wildman–Crippen MR) is 194 cm³/mol. The Kier molecular flexibility index (Phi) is 9.13. The van der Waals surface area contributed by atoms with E-state index in [1.54, 1.807) is 11.9 Å². The molecule has 3 saturated heterocycles. The number of fused-ring (bicyclic) bond motifs is 2. The Hall–Kier alpha value is -4.61. The molecule has 3 fully saturated rings. The molecule has 0 saturated carbocycles. The fourth-order valence-electron chi connectivity index (χ4n) is 8.13.